The van der Waals surface area contributed by atoms with E-state index in [1.165, 1.54) is 4.31 Å². The zero-order valence-electron chi connectivity index (χ0n) is 16.9. The highest BCUT2D eigenvalue weighted by atomic mass is 32.2. The van der Waals surface area contributed by atoms with Crippen LogP contribution in [-0.4, -0.2) is 31.7 Å². The second kappa shape index (κ2) is 10.4. The lowest BCUT2D eigenvalue weighted by Crippen LogP contribution is -2.32. The summed E-state index contributed by atoms with van der Waals surface area (Å²) in [4.78, 5) is 12.9. The predicted octanol–water partition coefficient (Wildman–Crippen LogP) is 4.63. The lowest BCUT2D eigenvalue weighted by molar-refractivity contribution is -0.117. The Morgan fingerprint density at radius 2 is 1.50 bits per heavy atom. The maximum atomic E-state index is 12.8. The standard InChI is InChI=1S/C22H30N2O3S/c1-4-16-24(17-5-2)28(26,27)20-14-12-19(13-15-20)23-22(25)21(6-3)18-10-8-7-9-11-18/h7-15,21H,4-6,16-17H2,1-3H3,(H,23,25)/t21-/m1/s1. The van der Waals surface area contributed by atoms with Gasteiger partial charge in [0.1, 0.15) is 0 Å². The Morgan fingerprint density at radius 3 is 2.00 bits per heavy atom. The van der Waals surface area contributed by atoms with Crippen molar-refractivity contribution in [2.45, 2.75) is 50.8 Å². The normalized spacial score (nSPS) is 12.7. The van der Waals surface area contributed by atoms with Gasteiger partial charge < -0.3 is 5.32 Å². The Kier molecular flexibility index (Phi) is 8.20. The second-order valence-electron chi connectivity index (χ2n) is 6.79. The van der Waals surface area contributed by atoms with Gasteiger partial charge in [0.05, 0.1) is 10.8 Å². The van der Waals surface area contributed by atoms with Crippen molar-refractivity contribution in [3.63, 3.8) is 0 Å². The largest absolute Gasteiger partial charge is 0.326 e. The van der Waals surface area contributed by atoms with Crippen LogP contribution < -0.4 is 5.32 Å². The Bertz CT molecular complexity index is 843. The molecule has 1 atom stereocenters. The number of hydrogen-bond donors (Lipinski definition) is 1. The number of sulfonamides is 1. The summed E-state index contributed by atoms with van der Waals surface area (Å²) in [6.07, 6.45) is 2.22. The minimum atomic E-state index is -3.51. The summed E-state index contributed by atoms with van der Waals surface area (Å²) in [5, 5.41) is 2.90. The van der Waals surface area contributed by atoms with Crippen LogP contribution in [0.25, 0.3) is 0 Å². The molecule has 2 rings (SSSR count). The van der Waals surface area contributed by atoms with Crippen molar-refractivity contribution in [2.24, 2.45) is 0 Å². The van der Waals surface area contributed by atoms with Crippen molar-refractivity contribution < 1.29 is 13.2 Å². The van der Waals surface area contributed by atoms with Gasteiger partial charge in [-0.3, -0.25) is 4.79 Å². The first-order valence-electron chi connectivity index (χ1n) is 9.90. The molecule has 0 aliphatic heterocycles. The molecule has 0 aliphatic rings. The smallest absolute Gasteiger partial charge is 0.243 e. The van der Waals surface area contributed by atoms with Crippen molar-refractivity contribution in [2.75, 3.05) is 18.4 Å². The molecular weight excluding hydrogens is 372 g/mol. The van der Waals surface area contributed by atoms with Gasteiger partial charge >= 0.3 is 0 Å². The maximum Gasteiger partial charge on any atom is 0.243 e. The number of amides is 1. The predicted molar refractivity (Wildman–Crippen MR) is 114 cm³/mol. The molecule has 1 amide bonds. The molecule has 6 heteroatoms. The van der Waals surface area contributed by atoms with E-state index in [9.17, 15) is 13.2 Å². The van der Waals surface area contributed by atoms with Gasteiger partial charge in [0.15, 0.2) is 0 Å². The molecule has 0 unspecified atom stereocenters. The third kappa shape index (κ3) is 5.42. The topological polar surface area (TPSA) is 66.5 Å². The average molecular weight is 403 g/mol. The van der Waals surface area contributed by atoms with E-state index in [1.54, 1.807) is 24.3 Å². The molecule has 2 aromatic rings. The number of anilines is 1. The van der Waals surface area contributed by atoms with Crippen LogP contribution in [0.3, 0.4) is 0 Å². The van der Waals surface area contributed by atoms with E-state index in [4.69, 9.17) is 0 Å². The summed E-state index contributed by atoms with van der Waals surface area (Å²) in [6.45, 7) is 6.91. The van der Waals surface area contributed by atoms with Gasteiger partial charge in [0, 0.05) is 18.8 Å². The summed E-state index contributed by atoms with van der Waals surface area (Å²) in [6, 6.07) is 16.1. The molecule has 0 spiro atoms. The lowest BCUT2D eigenvalue weighted by Gasteiger charge is -2.21. The first-order chi connectivity index (χ1) is 13.4. The van der Waals surface area contributed by atoms with Crippen molar-refractivity contribution in [3.8, 4) is 0 Å². The fourth-order valence-electron chi connectivity index (χ4n) is 3.20. The number of nitrogens with one attached hydrogen (secondary N) is 1. The molecule has 0 radical (unpaired) electrons. The van der Waals surface area contributed by atoms with E-state index in [0.717, 1.165) is 18.4 Å². The number of hydrogen-bond acceptors (Lipinski definition) is 3. The highest BCUT2D eigenvalue weighted by Gasteiger charge is 2.23. The highest BCUT2D eigenvalue weighted by molar-refractivity contribution is 7.89. The Labute approximate surface area is 168 Å². The molecule has 0 aliphatic carbocycles. The van der Waals surface area contributed by atoms with Crippen LogP contribution in [0.15, 0.2) is 59.5 Å². The van der Waals surface area contributed by atoms with Gasteiger partial charge in [-0.1, -0.05) is 51.1 Å². The van der Waals surface area contributed by atoms with Crippen LogP contribution in [0.2, 0.25) is 0 Å². The van der Waals surface area contributed by atoms with Gasteiger partial charge in [-0.15, -0.1) is 0 Å². The zero-order chi connectivity index (χ0) is 20.6. The summed E-state index contributed by atoms with van der Waals surface area (Å²) in [5.74, 6) is -0.336. The third-order valence-electron chi connectivity index (χ3n) is 4.63. The monoisotopic (exact) mass is 402 g/mol. The molecule has 5 nitrogen and oxygen atoms in total. The van der Waals surface area contributed by atoms with Crippen LogP contribution in [0.4, 0.5) is 5.69 Å². The minimum absolute atomic E-state index is 0.0945. The van der Waals surface area contributed by atoms with Gasteiger partial charge in [-0.25, -0.2) is 8.42 Å². The Balaban J connectivity index is 2.14. The van der Waals surface area contributed by atoms with Gasteiger partial charge in [-0.05, 0) is 49.1 Å². The van der Waals surface area contributed by atoms with E-state index in [2.05, 4.69) is 5.32 Å². The fourth-order valence-corrected chi connectivity index (χ4v) is 4.82. The molecule has 0 saturated heterocycles. The van der Waals surface area contributed by atoms with Gasteiger partial charge in [0.25, 0.3) is 0 Å². The van der Waals surface area contributed by atoms with Crippen molar-refractivity contribution in [1.29, 1.82) is 0 Å². The molecule has 2 aromatic carbocycles. The molecule has 28 heavy (non-hydrogen) atoms. The zero-order valence-corrected chi connectivity index (χ0v) is 17.7. The molecular formula is C22H30N2O3S. The van der Waals surface area contributed by atoms with Crippen LogP contribution in [0, 0.1) is 0 Å². The summed E-state index contributed by atoms with van der Waals surface area (Å²) in [5.41, 5.74) is 1.56. The summed E-state index contributed by atoms with van der Waals surface area (Å²) >= 11 is 0. The maximum absolute atomic E-state index is 12.8. The van der Waals surface area contributed by atoms with Crippen LogP contribution in [0.5, 0.6) is 0 Å². The number of benzene rings is 2. The van der Waals surface area contributed by atoms with E-state index in [0.29, 0.717) is 25.2 Å². The third-order valence-corrected chi connectivity index (χ3v) is 6.55. The van der Waals surface area contributed by atoms with Crippen molar-refractivity contribution >= 4 is 21.6 Å². The number of carbonyl (C=O) groups is 1. The molecule has 1 N–H and O–H groups in total. The van der Waals surface area contributed by atoms with E-state index in [1.807, 2.05) is 51.1 Å². The summed E-state index contributed by atoms with van der Waals surface area (Å²) < 4.78 is 27.2. The Hall–Kier alpha value is -2.18. The van der Waals surface area contributed by atoms with Crippen molar-refractivity contribution in [1.82, 2.24) is 4.31 Å². The quantitative estimate of drug-likeness (QED) is 0.630. The molecule has 0 bridgehead atoms. The van der Waals surface area contributed by atoms with E-state index >= 15 is 0 Å². The SMILES string of the molecule is CCCN(CCC)S(=O)(=O)c1ccc(NC(=O)[C@H](CC)c2ccccc2)cc1. The number of rotatable bonds is 10. The Morgan fingerprint density at radius 1 is 0.929 bits per heavy atom. The average Bonchev–Trinajstić information content (AvgIpc) is 2.69. The molecule has 152 valence electrons. The minimum Gasteiger partial charge on any atom is -0.326 e. The first-order valence-corrected chi connectivity index (χ1v) is 11.3. The van der Waals surface area contributed by atoms with Gasteiger partial charge in [0.2, 0.25) is 15.9 Å². The number of carbonyl (C=O) groups excluding carboxylic acids is 1. The first kappa shape index (κ1) is 22.1. The van der Waals surface area contributed by atoms with Crippen LogP contribution in [-0.2, 0) is 14.8 Å². The van der Waals surface area contributed by atoms with Crippen molar-refractivity contribution in [3.05, 3.63) is 60.2 Å². The van der Waals surface area contributed by atoms with E-state index in [-0.39, 0.29) is 16.7 Å². The van der Waals surface area contributed by atoms with E-state index < -0.39 is 10.0 Å². The molecule has 0 heterocycles. The molecule has 0 aromatic heterocycles. The molecule has 0 fully saturated rings. The van der Waals surface area contributed by atoms with Gasteiger partial charge in [-0.2, -0.15) is 4.31 Å². The molecule has 0 saturated carbocycles. The van der Waals surface area contributed by atoms with Crippen LogP contribution >= 0.6 is 0 Å². The highest BCUT2D eigenvalue weighted by Crippen LogP contribution is 2.23. The van der Waals surface area contributed by atoms with Crippen LogP contribution in [0.1, 0.15) is 51.5 Å². The number of nitrogens with zero attached hydrogens (tertiary/aromatic N) is 1. The summed E-state index contributed by atoms with van der Waals surface area (Å²) in [7, 11) is -3.51. The fraction of sp³-hybridized carbons (Fsp3) is 0.409. The lowest BCUT2D eigenvalue weighted by atomic mass is 9.95. The second-order valence-corrected chi connectivity index (χ2v) is 8.73.